The highest BCUT2D eigenvalue weighted by Crippen LogP contribution is 2.28. The van der Waals surface area contributed by atoms with Crippen LogP contribution in [0.5, 0.6) is 5.75 Å². The van der Waals surface area contributed by atoms with Crippen molar-refractivity contribution in [1.29, 1.82) is 0 Å². The van der Waals surface area contributed by atoms with Gasteiger partial charge in [-0.3, -0.25) is 0 Å². The minimum absolute atomic E-state index is 0.0735. The van der Waals surface area contributed by atoms with Crippen molar-refractivity contribution in [2.45, 2.75) is 26.0 Å². The standard InChI is InChI=1S/C14H16ClNOS/c1-9-7-12(3-4-13(9)15)17-14(10(2)16)11-5-6-18-8-11/h3-8,10,14H,16H2,1-2H3. The minimum atomic E-state index is -0.128. The molecule has 0 aliphatic heterocycles. The Hall–Kier alpha value is -1.03. The van der Waals surface area contributed by atoms with E-state index in [2.05, 4.69) is 5.38 Å². The Morgan fingerprint density at radius 3 is 2.67 bits per heavy atom. The lowest BCUT2D eigenvalue weighted by atomic mass is 10.1. The number of aryl methyl sites for hydroxylation is 1. The van der Waals surface area contributed by atoms with Crippen LogP contribution in [0.1, 0.15) is 24.2 Å². The van der Waals surface area contributed by atoms with Crippen molar-refractivity contribution in [1.82, 2.24) is 0 Å². The van der Waals surface area contributed by atoms with Crippen molar-refractivity contribution in [2.24, 2.45) is 5.73 Å². The Morgan fingerprint density at radius 2 is 2.11 bits per heavy atom. The molecule has 0 saturated carbocycles. The number of thiophene rings is 1. The number of benzene rings is 1. The fraction of sp³-hybridized carbons (Fsp3) is 0.286. The third-order valence-electron chi connectivity index (χ3n) is 2.74. The summed E-state index contributed by atoms with van der Waals surface area (Å²) in [6.07, 6.45) is -0.128. The van der Waals surface area contributed by atoms with E-state index in [1.165, 1.54) is 0 Å². The summed E-state index contributed by atoms with van der Waals surface area (Å²) in [5.74, 6) is 0.797. The van der Waals surface area contributed by atoms with E-state index in [4.69, 9.17) is 22.1 Å². The van der Waals surface area contributed by atoms with Gasteiger partial charge in [-0.05, 0) is 54.4 Å². The first-order valence-corrected chi connectivity index (χ1v) is 7.10. The van der Waals surface area contributed by atoms with Crippen molar-refractivity contribution < 1.29 is 4.74 Å². The van der Waals surface area contributed by atoms with E-state index < -0.39 is 0 Å². The van der Waals surface area contributed by atoms with E-state index in [0.717, 1.165) is 21.9 Å². The van der Waals surface area contributed by atoms with Crippen molar-refractivity contribution in [3.05, 3.63) is 51.2 Å². The lowest BCUT2D eigenvalue weighted by Gasteiger charge is -2.22. The highest BCUT2D eigenvalue weighted by molar-refractivity contribution is 7.07. The second-order valence-electron chi connectivity index (χ2n) is 4.37. The quantitative estimate of drug-likeness (QED) is 0.912. The van der Waals surface area contributed by atoms with Gasteiger partial charge >= 0.3 is 0 Å². The van der Waals surface area contributed by atoms with Crippen LogP contribution in [0.4, 0.5) is 0 Å². The molecule has 0 aliphatic carbocycles. The lowest BCUT2D eigenvalue weighted by Crippen LogP contribution is -2.28. The molecule has 2 unspecified atom stereocenters. The maximum Gasteiger partial charge on any atom is 0.139 e. The molecule has 1 heterocycles. The molecule has 0 radical (unpaired) electrons. The molecule has 2 aromatic rings. The number of hydrogen-bond donors (Lipinski definition) is 1. The van der Waals surface area contributed by atoms with Gasteiger partial charge in [-0.25, -0.2) is 0 Å². The maximum atomic E-state index is 6.00. The van der Waals surface area contributed by atoms with Gasteiger partial charge in [0.1, 0.15) is 11.9 Å². The molecule has 1 aromatic carbocycles. The summed E-state index contributed by atoms with van der Waals surface area (Å²) < 4.78 is 5.98. The smallest absolute Gasteiger partial charge is 0.139 e. The Bertz CT molecular complexity index is 511. The van der Waals surface area contributed by atoms with Crippen LogP contribution in [0.15, 0.2) is 35.0 Å². The van der Waals surface area contributed by atoms with E-state index >= 15 is 0 Å². The maximum absolute atomic E-state index is 6.00. The first kappa shape index (κ1) is 13.4. The first-order valence-electron chi connectivity index (χ1n) is 5.78. The molecule has 18 heavy (non-hydrogen) atoms. The van der Waals surface area contributed by atoms with Gasteiger partial charge in [-0.15, -0.1) is 0 Å². The summed E-state index contributed by atoms with van der Waals surface area (Å²) in [6.45, 7) is 3.91. The van der Waals surface area contributed by atoms with Crippen LogP contribution in [-0.2, 0) is 0 Å². The first-order chi connectivity index (χ1) is 8.58. The average molecular weight is 282 g/mol. The summed E-state index contributed by atoms with van der Waals surface area (Å²) in [6, 6.07) is 7.62. The predicted molar refractivity (Wildman–Crippen MR) is 77.5 cm³/mol. The minimum Gasteiger partial charge on any atom is -0.484 e. The van der Waals surface area contributed by atoms with Gasteiger partial charge in [0, 0.05) is 16.6 Å². The highest BCUT2D eigenvalue weighted by Gasteiger charge is 2.18. The summed E-state index contributed by atoms with van der Waals surface area (Å²) in [7, 11) is 0. The molecule has 0 saturated heterocycles. The molecule has 0 bridgehead atoms. The predicted octanol–water partition coefficient (Wildman–Crippen LogP) is 4.18. The molecular formula is C14H16ClNOS. The van der Waals surface area contributed by atoms with Crippen LogP contribution < -0.4 is 10.5 Å². The molecule has 0 amide bonds. The third kappa shape index (κ3) is 3.05. The van der Waals surface area contributed by atoms with Gasteiger partial charge in [0.15, 0.2) is 0 Å². The number of nitrogens with two attached hydrogens (primary N) is 1. The molecule has 2 N–H and O–H groups in total. The molecule has 0 fully saturated rings. The number of hydrogen-bond acceptors (Lipinski definition) is 3. The van der Waals surface area contributed by atoms with Crippen LogP contribution in [0.3, 0.4) is 0 Å². The number of ether oxygens (including phenoxy) is 1. The molecule has 0 aliphatic rings. The molecule has 4 heteroatoms. The van der Waals surface area contributed by atoms with E-state index in [9.17, 15) is 0 Å². The topological polar surface area (TPSA) is 35.2 Å². The van der Waals surface area contributed by atoms with Crippen molar-refractivity contribution in [2.75, 3.05) is 0 Å². The monoisotopic (exact) mass is 281 g/mol. The molecule has 1 aromatic heterocycles. The molecule has 2 atom stereocenters. The summed E-state index contributed by atoms with van der Waals surface area (Å²) in [5.41, 5.74) is 8.11. The van der Waals surface area contributed by atoms with Gasteiger partial charge in [0.25, 0.3) is 0 Å². The van der Waals surface area contributed by atoms with Crippen LogP contribution in [0, 0.1) is 6.92 Å². The van der Waals surface area contributed by atoms with E-state index in [1.54, 1.807) is 11.3 Å². The molecule has 2 rings (SSSR count). The van der Waals surface area contributed by atoms with Gasteiger partial charge in [0.05, 0.1) is 0 Å². The second-order valence-corrected chi connectivity index (χ2v) is 5.55. The second kappa shape index (κ2) is 5.74. The zero-order valence-corrected chi connectivity index (χ0v) is 12.0. The Morgan fingerprint density at radius 1 is 1.33 bits per heavy atom. The van der Waals surface area contributed by atoms with Crippen molar-refractivity contribution in [3.63, 3.8) is 0 Å². The average Bonchev–Trinajstić information content (AvgIpc) is 2.83. The van der Waals surface area contributed by atoms with Gasteiger partial charge in [0.2, 0.25) is 0 Å². The highest BCUT2D eigenvalue weighted by atomic mass is 35.5. The number of rotatable bonds is 4. The molecule has 96 valence electrons. The van der Waals surface area contributed by atoms with Gasteiger partial charge in [-0.2, -0.15) is 11.3 Å². The third-order valence-corrected chi connectivity index (χ3v) is 3.87. The normalized spacial score (nSPS) is 14.2. The van der Waals surface area contributed by atoms with E-state index in [-0.39, 0.29) is 12.1 Å². The fourth-order valence-electron chi connectivity index (χ4n) is 1.75. The van der Waals surface area contributed by atoms with Crippen molar-refractivity contribution in [3.8, 4) is 5.75 Å². The largest absolute Gasteiger partial charge is 0.484 e. The van der Waals surface area contributed by atoms with Gasteiger partial charge in [-0.1, -0.05) is 11.6 Å². The zero-order chi connectivity index (χ0) is 13.1. The lowest BCUT2D eigenvalue weighted by molar-refractivity contribution is 0.181. The Kier molecular flexibility index (Phi) is 4.27. The van der Waals surface area contributed by atoms with Crippen LogP contribution in [0.25, 0.3) is 0 Å². The summed E-state index contributed by atoms with van der Waals surface area (Å²) in [5, 5.41) is 4.84. The summed E-state index contributed by atoms with van der Waals surface area (Å²) in [4.78, 5) is 0. The summed E-state index contributed by atoms with van der Waals surface area (Å²) >= 11 is 7.65. The fourth-order valence-corrected chi connectivity index (χ4v) is 2.55. The van der Waals surface area contributed by atoms with Crippen LogP contribution >= 0.6 is 22.9 Å². The van der Waals surface area contributed by atoms with E-state index in [1.807, 2.05) is 43.5 Å². The van der Waals surface area contributed by atoms with Crippen molar-refractivity contribution >= 4 is 22.9 Å². The zero-order valence-electron chi connectivity index (χ0n) is 10.4. The number of halogens is 1. The molecule has 2 nitrogen and oxygen atoms in total. The Balaban J connectivity index is 2.21. The molecule has 0 spiro atoms. The SMILES string of the molecule is Cc1cc(OC(c2ccsc2)C(C)N)ccc1Cl. The Labute approximate surface area is 116 Å². The van der Waals surface area contributed by atoms with Crippen LogP contribution in [-0.4, -0.2) is 6.04 Å². The van der Waals surface area contributed by atoms with E-state index in [0.29, 0.717) is 0 Å². The van der Waals surface area contributed by atoms with Gasteiger partial charge < -0.3 is 10.5 Å². The molecular weight excluding hydrogens is 266 g/mol. The van der Waals surface area contributed by atoms with Crippen LogP contribution in [0.2, 0.25) is 5.02 Å².